The second-order valence-electron chi connectivity index (χ2n) is 7.77. The molecule has 1 aliphatic carbocycles. The van der Waals surface area contributed by atoms with Gasteiger partial charge >= 0.3 is 6.18 Å². The molecule has 30 heavy (non-hydrogen) atoms. The molecule has 0 bridgehead atoms. The number of hydrogen-bond donors (Lipinski definition) is 2. The molecule has 3 heterocycles. The maximum Gasteiger partial charge on any atom is 0.419 e. The summed E-state index contributed by atoms with van der Waals surface area (Å²) in [5.41, 5.74) is -0.319. The van der Waals surface area contributed by atoms with Gasteiger partial charge in [0.05, 0.1) is 17.9 Å². The highest BCUT2D eigenvalue weighted by atomic mass is 19.4. The molecular formula is C20H23F3N6O. The van der Waals surface area contributed by atoms with Crippen molar-refractivity contribution < 1.29 is 18.3 Å². The average Bonchev–Trinajstić information content (AvgIpc) is 3.17. The van der Waals surface area contributed by atoms with Crippen molar-refractivity contribution in [3.63, 3.8) is 0 Å². The smallest absolute Gasteiger partial charge is 0.396 e. The predicted molar refractivity (Wildman–Crippen MR) is 104 cm³/mol. The van der Waals surface area contributed by atoms with E-state index >= 15 is 0 Å². The maximum atomic E-state index is 13.3. The number of anilines is 1. The van der Waals surface area contributed by atoms with E-state index < -0.39 is 24.3 Å². The number of rotatable bonds is 5. The number of aliphatic hydroxyl groups excluding tert-OH is 1. The summed E-state index contributed by atoms with van der Waals surface area (Å²) in [7, 11) is 0. The lowest BCUT2D eigenvalue weighted by Gasteiger charge is -2.29. The maximum absolute atomic E-state index is 13.3. The summed E-state index contributed by atoms with van der Waals surface area (Å²) in [5.74, 6) is 0.473. The molecular weight excluding hydrogens is 397 g/mol. The van der Waals surface area contributed by atoms with E-state index in [0.29, 0.717) is 0 Å². The normalized spacial score (nSPS) is 21.0. The van der Waals surface area contributed by atoms with Gasteiger partial charge < -0.3 is 10.4 Å². The van der Waals surface area contributed by atoms with Gasteiger partial charge in [-0.15, -0.1) is 10.2 Å². The van der Waals surface area contributed by atoms with E-state index in [9.17, 15) is 18.3 Å². The SMILES string of the molecule is CC(CO)c1nc(N[C@@H]2CCC[C@H](c3nnc4ccccn34)C2)ncc1C(F)(F)F. The third-order valence-corrected chi connectivity index (χ3v) is 5.58. The first-order chi connectivity index (χ1) is 14.4. The number of aliphatic hydroxyl groups is 1. The first-order valence-corrected chi connectivity index (χ1v) is 9.98. The van der Waals surface area contributed by atoms with Crippen LogP contribution < -0.4 is 5.32 Å². The Bertz CT molecular complexity index is 1020. The zero-order valence-corrected chi connectivity index (χ0v) is 16.5. The molecule has 1 aliphatic rings. The van der Waals surface area contributed by atoms with E-state index in [1.165, 1.54) is 6.92 Å². The Balaban J connectivity index is 1.54. The highest BCUT2D eigenvalue weighted by molar-refractivity contribution is 5.38. The molecule has 0 aliphatic heterocycles. The van der Waals surface area contributed by atoms with Crippen LogP contribution in [0.4, 0.5) is 19.1 Å². The zero-order valence-electron chi connectivity index (χ0n) is 16.5. The summed E-state index contributed by atoms with van der Waals surface area (Å²) in [4.78, 5) is 8.00. The molecule has 0 amide bonds. The van der Waals surface area contributed by atoms with Crippen molar-refractivity contribution >= 4 is 11.6 Å². The number of hydrogen-bond acceptors (Lipinski definition) is 6. The summed E-state index contributed by atoms with van der Waals surface area (Å²) in [6, 6.07) is 5.74. The quantitative estimate of drug-likeness (QED) is 0.653. The zero-order chi connectivity index (χ0) is 21.3. The van der Waals surface area contributed by atoms with Crippen molar-refractivity contribution in [1.29, 1.82) is 0 Å². The molecule has 2 N–H and O–H groups in total. The molecule has 0 saturated heterocycles. The highest BCUT2D eigenvalue weighted by Gasteiger charge is 2.36. The fraction of sp³-hybridized carbons (Fsp3) is 0.500. The largest absolute Gasteiger partial charge is 0.419 e. The second-order valence-corrected chi connectivity index (χ2v) is 7.77. The summed E-state index contributed by atoms with van der Waals surface area (Å²) in [6.07, 6.45) is 1.70. The van der Waals surface area contributed by atoms with Crippen molar-refractivity contribution in [3.8, 4) is 0 Å². The summed E-state index contributed by atoms with van der Waals surface area (Å²) >= 11 is 0. The highest BCUT2D eigenvalue weighted by Crippen LogP contribution is 2.36. The van der Waals surface area contributed by atoms with E-state index in [1.54, 1.807) is 0 Å². The van der Waals surface area contributed by atoms with Gasteiger partial charge in [-0.05, 0) is 31.4 Å². The number of aromatic nitrogens is 5. The van der Waals surface area contributed by atoms with Crippen LogP contribution in [-0.2, 0) is 6.18 Å². The van der Waals surface area contributed by atoms with Gasteiger partial charge in [0.15, 0.2) is 5.65 Å². The minimum Gasteiger partial charge on any atom is -0.396 e. The summed E-state index contributed by atoms with van der Waals surface area (Å²) < 4.78 is 41.8. The lowest BCUT2D eigenvalue weighted by atomic mass is 9.85. The first kappa shape index (κ1) is 20.5. The fourth-order valence-electron chi connectivity index (χ4n) is 4.02. The van der Waals surface area contributed by atoms with Crippen molar-refractivity contribution in [2.24, 2.45) is 0 Å². The molecule has 0 radical (unpaired) electrons. The van der Waals surface area contributed by atoms with Crippen LogP contribution in [0, 0.1) is 0 Å². The summed E-state index contributed by atoms with van der Waals surface area (Å²) in [6.45, 7) is 1.08. The van der Waals surface area contributed by atoms with Gasteiger partial charge in [-0.1, -0.05) is 19.4 Å². The Morgan fingerprint density at radius 3 is 2.87 bits per heavy atom. The second kappa shape index (κ2) is 8.17. The van der Waals surface area contributed by atoms with Gasteiger partial charge in [-0.3, -0.25) is 4.40 Å². The van der Waals surface area contributed by atoms with Gasteiger partial charge in [0.1, 0.15) is 5.82 Å². The van der Waals surface area contributed by atoms with E-state index in [2.05, 4.69) is 25.5 Å². The Labute approximate surface area is 171 Å². The van der Waals surface area contributed by atoms with Crippen LogP contribution >= 0.6 is 0 Å². The Hall–Kier alpha value is -2.75. The minimum atomic E-state index is -4.57. The third-order valence-electron chi connectivity index (χ3n) is 5.58. The lowest BCUT2D eigenvalue weighted by molar-refractivity contribution is -0.139. The number of halogens is 3. The molecule has 3 aromatic heterocycles. The summed E-state index contributed by atoms with van der Waals surface area (Å²) in [5, 5.41) is 21.1. The van der Waals surface area contributed by atoms with Gasteiger partial charge in [0.2, 0.25) is 5.95 Å². The van der Waals surface area contributed by atoms with Crippen molar-refractivity contribution in [1.82, 2.24) is 24.6 Å². The van der Waals surface area contributed by atoms with Crippen LogP contribution in [0.1, 0.15) is 61.5 Å². The fourth-order valence-corrected chi connectivity index (χ4v) is 4.02. The molecule has 7 nitrogen and oxygen atoms in total. The molecule has 10 heteroatoms. The number of alkyl halides is 3. The number of fused-ring (bicyclic) bond motifs is 1. The Morgan fingerprint density at radius 1 is 1.27 bits per heavy atom. The van der Waals surface area contributed by atoms with Crippen molar-refractivity contribution in [2.75, 3.05) is 11.9 Å². The molecule has 3 aromatic rings. The third kappa shape index (κ3) is 4.09. The lowest BCUT2D eigenvalue weighted by Crippen LogP contribution is -2.28. The first-order valence-electron chi connectivity index (χ1n) is 9.98. The van der Waals surface area contributed by atoms with Gasteiger partial charge in [-0.25, -0.2) is 9.97 Å². The van der Waals surface area contributed by atoms with Gasteiger partial charge in [0.25, 0.3) is 0 Å². The molecule has 0 aromatic carbocycles. The molecule has 0 spiro atoms. The molecule has 1 unspecified atom stereocenters. The van der Waals surface area contributed by atoms with E-state index in [0.717, 1.165) is 43.4 Å². The van der Waals surface area contributed by atoms with E-state index in [-0.39, 0.29) is 23.6 Å². The van der Waals surface area contributed by atoms with E-state index in [4.69, 9.17) is 0 Å². The molecule has 1 saturated carbocycles. The van der Waals surface area contributed by atoms with Crippen LogP contribution in [0.3, 0.4) is 0 Å². The van der Waals surface area contributed by atoms with Crippen LogP contribution in [0.2, 0.25) is 0 Å². The van der Waals surface area contributed by atoms with E-state index in [1.807, 2.05) is 28.8 Å². The topological polar surface area (TPSA) is 88.2 Å². The van der Waals surface area contributed by atoms with Gasteiger partial charge in [0, 0.05) is 30.3 Å². The van der Waals surface area contributed by atoms with Crippen molar-refractivity contribution in [2.45, 2.75) is 56.7 Å². The molecule has 4 rings (SSSR count). The Morgan fingerprint density at radius 2 is 2.10 bits per heavy atom. The number of nitrogens with zero attached hydrogens (tertiary/aromatic N) is 5. The average molecular weight is 420 g/mol. The Kier molecular flexibility index (Phi) is 5.59. The van der Waals surface area contributed by atoms with Crippen LogP contribution in [0.15, 0.2) is 30.6 Å². The molecule has 1 fully saturated rings. The molecule has 3 atom stereocenters. The predicted octanol–water partition coefficient (Wildman–Crippen LogP) is 3.77. The number of nitrogens with one attached hydrogen (secondary N) is 1. The van der Waals surface area contributed by atoms with Crippen LogP contribution in [-0.4, -0.2) is 42.3 Å². The van der Waals surface area contributed by atoms with Crippen molar-refractivity contribution in [3.05, 3.63) is 47.7 Å². The standard InChI is InChI=1S/C20H23F3N6O/c1-12(11-30)17-15(20(21,22)23)10-24-19(26-17)25-14-6-4-5-13(9-14)18-28-27-16-7-2-3-8-29(16)18/h2-3,7-8,10,12-14,30H,4-6,9,11H2,1H3,(H,24,25,26)/t12?,13-,14+/m0/s1. The monoisotopic (exact) mass is 420 g/mol. The molecule has 160 valence electrons. The van der Waals surface area contributed by atoms with Crippen LogP contribution in [0.5, 0.6) is 0 Å². The minimum absolute atomic E-state index is 0.00818. The van der Waals surface area contributed by atoms with Gasteiger partial charge in [-0.2, -0.15) is 13.2 Å². The number of pyridine rings is 1. The van der Waals surface area contributed by atoms with Crippen LogP contribution in [0.25, 0.3) is 5.65 Å².